The van der Waals surface area contributed by atoms with Gasteiger partial charge in [0.1, 0.15) is 0 Å². The molecule has 0 spiro atoms. The summed E-state index contributed by atoms with van der Waals surface area (Å²) < 4.78 is 28.2. The van der Waals surface area contributed by atoms with Crippen LogP contribution in [0.15, 0.2) is 12.3 Å². The number of hydrogen-bond acceptors (Lipinski definition) is 6. The zero-order chi connectivity index (χ0) is 19.0. The minimum atomic E-state index is -3.08. The first kappa shape index (κ1) is 18.8. The lowest BCUT2D eigenvalue weighted by molar-refractivity contribution is -0.389. The molecule has 0 aromatic carbocycles. The Hall–Kier alpha value is -1.52. The van der Waals surface area contributed by atoms with Crippen molar-refractivity contribution in [2.75, 3.05) is 13.1 Å². The molecule has 9 nitrogen and oxygen atoms in total. The van der Waals surface area contributed by atoms with Gasteiger partial charge in [0.25, 0.3) is 0 Å². The van der Waals surface area contributed by atoms with Crippen LogP contribution in [0.25, 0.3) is 0 Å². The highest BCUT2D eigenvalue weighted by Crippen LogP contribution is 2.33. The van der Waals surface area contributed by atoms with Crippen LogP contribution < -0.4 is 5.32 Å². The van der Waals surface area contributed by atoms with Gasteiger partial charge in [-0.15, -0.1) is 0 Å². The van der Waals surface area contributed by atoms with Crippen LogP contribution in [0.5, 0.6) is 0 Å². The summed E-state index contributed by atoms with van der Waals surface area (Å²) in [5.74, 6) is -0.113. The third-order valence-corrected chi connectivity index (χ3v) is 8.46. The highest BCUT2D eigenvalue weighted by molar-refractivity contribution is 7.90. The quantitative estimate of drug-likeness (QED) is 0.579. The van der Waals surface area contributed by atoms with Crippen LogP contribution in [0, 0.1) is 10.1 Å². The summed E-state index contributed by atoms with van der Waals surface area (Å²) in [4.78, 5) is 10.5. The van der Waals surface area contributed by atoms with Crippen molar-refractivity contribution in [3.05, 3.63) is 22.4 Å². The second kappa shape index (κ2) is 7.48. The molecule has 3 fully saturated rings. The van der Waals surface area contributed by atoms with Crippen LogP contribution in [-0.4, -0.2) is 57.8 Å². The van der Waals surface area contributed by atoms with Gasteiger partial charge in [-0.2, -0.15) is 4.68 Å². The summed E-state index contributed by atoms with van der Waals surface area (Å²) in [5, 5.41) is 18.6. The van der Waals surface area contributed by atoms with E-state index in [1.54, 1.807) is 15.2 Å². The summed E-state index contributed by atoms with van der Waals surface area (Å²) in [5.41, 5.74) is 0. The van der Waals surface area contributed by atoms with E-state index in [-0.39, 0.29) is 29.2 Å². The molecule has 150 valence electrons. The maximum Gasteiger partial charge on any atom is 0.389 e. The molecule has 3 aliphatic rings. The van der Waals surface area contributed by atoms with E-state index in [2.05, 4.69) is 10.4 Å². The first-order valence-electron chi connectivity index (χ1n) is 9.90. The Balaban J connectivity index is 1.36. The molecule has 4 rings (SSSR count). The largest absolute Gasteiger partial charge is 0.389 e. The highest BCUT2D eigenvalue weighted by Gasteiger charge is 2.41. The lowest BCUT2D eigenvalue weighted by Crippen LogP contribution is -2.51. The lowest BCUT2D eigenvalue weighted by atomic mass is 9.89. The van der Waals surface area contributed by atoms with Crippen LogP contribution in [0.2, 0.25) is 0 Å². The summed E-state index contributed by atoms with van der Waals surface area (Å²) in [6.07, 6.45) is 9.13. The fourth-order valence-electron chi connectivity index (χ4n) is 4.39. The maximum atomic E-state index is 12.4. The van der Waals surface area contributed by atoms with Crippen LogP contribution in [0.3, 0.4) is 0 Å². The SMILES string of the molecule is O=[N+]([O-])c1ccn([C@@H]2CCCC[C@H]2NC2CCN(S(=O)(=O)C3CC3)CC2)n1. The van der Waals surface area contributed by atoms with Gasteiger partial charge < -0.3 is 15.4 Å². The van der Waals surface area contributed by atoms with Gasteiger partial charge in [0.2, 0.25) is 10.0 Å². The van der Waals surface area contributed by atoms with Gasteiger partial charge in [0, 0.05) is 25.2 Å². The minimum Gasteiger partial charge on any atom is -0.358 e. The molecule has 0 bridgehead atoms. The fraction of sp³-hybridized carbons (Fsp3) is 0.824. The average Bonchev–Trinajstić information content (AvgIpc) is 3.41. The number of sulfonamides is 1. The molecule has 27 heavy (non-hydrogen) atoms. The van der Waals surface area contributed by atoms with Gasteiger partial charge >= 0.3 is 5.82 Å². The fourth-order valence-corrected chi connectivity index (χ4v) is 6.26. The minimum absolute atomic E-state index is 0.112. The lowest BCUT2D eigenvalue weighted by Gasteiger charge is -2.37. The second-order valence-electron chi connectivity index (χ2n) is 7.95. The third kappa shape index (κ3) is 4.02. The maximum absolute atomic E-state index is 12.4. The molecule has 1 aliphatic heterocycles. The van der Waals surface area contributed by atoms with Crippen molar-refractivity contribution in [2.24, 2.45) is 0 Å². The van der Waals surface area contributed by atoms with E-state index < -0.39 is 14.9 Å². The zero-order valence-corrected chi connectivity index (χ0v) is 16.2. The van der Waals surface area contributed by atoms with Crippen molar-refractivity contribution in [3.63, 3.8) is 0 Å². The Morgan fingerprint density at radius 3 is 2.44 bits per heavy atom. The topological polar surface area (TPSA) is 110 Å². The summed E-state index contributed by atoms with van der Waals surface area (Å²) in [6, 6.07) is 2.06. The molecule has 2 aliphatic carbocycles. The Morgan fingerprint density at radius 1 is 1.11 bits per heavy atom. The van der Waals surface area contributed by atoms with Crippen LogP contribution >= 0.6 is 0 Å². The predicted molar refractivity (Wildman–Crippen MR) is 99.8 cm³/mol. The number of hydrogen-bond donors (Lipinski definition) is 1. The molecule has 0 radical (unpaired) electrons. The van der Waals surface area contributed by atoms with Gasteiger partial charge in [-0.3, -0.25) is 0 Å². The predicted octanol–water partition coefficient (Wildman–Crippen LogP) is 1.82. The van der Waals surface area contributed by atoms with Gasteiger partial charge in [-0.25, -0.2) is 12.7 Å². The number of nitrogens with one attached hydrogen (secondary N) is 1. The van der Waals surface area contributed by atoms with E-state index in [0.717, 1.165) is 51.4 Å². The molecule has 2 atom stereocenters. The Kier molecular flexibility index (Phi) is 5.21. The first-order chi connectivity index (χ1) is 12.9. The molecule has 0 amide bonds. The van der Waals surface area contributed by atoms with Crippen molar-refractivity contribution in [1.82, 2.24) is 19.4 Å². The van der Waals surface area contributed by atoms with Crippen LogP contribution in [0.1, 0.15) is 57.4 Å². The molecule has 2 saturated carbocycles. The Bertz CT molecular complexity index is 783. The first-order valence-corrected chi connectivity index (χ1v) is 11.4. The summed E-state index contributed by atoms with van der Waals surface area (Å²) >= 11 is 0. The molecule has 10 heteroatoms. The van der Waals surface area contributed by atoms with Gasteiger partial charge in [-0.05, 0) is 43.4 Å². The Morgan fingerprint density at radius 2 is 1.81 bits per heavy atom. The van der Waals surface area contributed by atoms with Crippen molar-refractivity contribution in [1.29, 1.82) is 0 Å². The molecule has 1 aromatic rings. The zero-order valence-electron chi connectivity index (χ0n) is 15.4. The van der Waals surface area contributed by atoms with Gasteiger partial charge in [0.15, 0.2) is 0 Å². The van der Waals surface area contributed by atoms with Gasteiger partial charge in [-0.1, -0.05) is 12.8 Å². The van der Waals surface area contributed by atoms with Crippen LogP contribution in [0.4, 0.5) is 5.82 Å². The summed E-state index contributed by atoms with van der Waals surface area (Å²) in [7, 11) is -3.08. The second-order valence-corrected chi connectivity index (χ2v) is 10.2. The number of nitro groups is 1. The summed E-state index contributed by atoms with van der Waals surface area (Å²) in [6.45, 7) is 1.17. The van der Waals surface area contributed by atoms with Gasteiger partial charge in [0.05, 0.1) is 28.7 Å². The molecule has 0 unspecified atom stereocenters. The smallest absolute Gasteiger partial charge is 0.358 e. The van der Waals surface area contributed by atoms with Crippen molar-refractivity contribution in [2.45, 2.75) is 74.7 Å². The highest BCUT2D eigenvalue weighted by atomic mass is 32.2. The van der Waals surface area contributed by atoms with E-state index in [1.807, 2.05) is 0 Å². The standard InChI is InChI=1S/C17H27N5O4S/c23-22(24)17-9-12-21(19-17)16-4-2-1-3-15(16)18-13-7-10-20(11-8-13)27(25,26)14-5-6-14/h9,12-16,18H,1-8,10-11H2/t15-,16-/m1/s1. The molecule has 1 saturated heterocycles. The number of rotatable bonds is 6. The molecule has 1 aromatic heterocycles. The number of aromatic nitrogens is 2. The van der Waals surface area contributed by atoms with Crippen molar-refractivity contribution >= 4 is 15.8 Å². The van der Waals surface area contributed by atoms with E-state index in [9.17, 15) is 18.5 Å². The number of nitrogens with zero attached hydrogens (tertiary/aromatic N) is 4. The molecule has 2 heterocycles. The normalized spacial score (nSPS) is 28.3. The monoisotopic (exact) mass is 397 g/mol. The molecular weight excluding hydrogens is 370 g/mol. The van der Waals surface area contributed by atoms with Crippen LogP contribution in [-0.2, 0) is 10.0 Å². The Labute approximate surface area is 159 Å². The van der Waals surface area contributed by atoms with E-state index in [1.165, 1.54) is 6.07 Å². The van der Waals surface area contributed by atoms with E-state index >= 15 is 0 Å². The van der Waals surface area contributed by atoms with E-state index in [0.29, 0.717) is 13.1 Å². The van der Waals surface area contributed by atoms with Crippen molar-refractivity contribution < 1.29 is 13.3 Å². The molecule has 1 N–H and O–H groups in total. The molecular formula is C17H27N5O4S. The number of piperidine rings is 1. The third-order valence-electron chi connectivity index (χ3n) is 6.06. The van der Waals surface area contributed by atoms with E-state index in [4.69, 9.17) is 0 Å². The average molecular weight is 398 g/mol. The van der Waals surface area contributed by atoms with Crippen molar-refractivity contribution in [3.8, 4) is 0 Å².